The first-order chi connectivity index (χ1) is 7.74. The van der Waals surface area contributed by atoms with E-state index < -0.39 is 0 Å². The number of carbonyl (C=O) groups excluding carboxylic acids is 1. The molecule has 0 saturated heterocycles. The number of aromatic nitrogens is 2. The highest BCUT2D eigenvalue weighted by Crippen LogP contribution is 2.07. The van der Waals surface area contributed by atoms with Crippen LogP contribution in [0.1, 0.15) is 5.56 Å². The highest BCUT2D eigenvalue weighted by molar-refractivity contribution is 5.74. The van der Waals surface area contributed by atoms with Crippen molar-refractivity contribution < 1.29 is 9.53 Å². The molecule has 0 bridgehead atoms. The van der Waals surface area contributed by atoms with Gasteiger partial charge in [0.25, 0.3) is 0 Å². The number of carbonyl (C=O) groups is 1. The third-order valence-corrected chi connectivity index (χ3v) is 2.10. The zero-order chi connectivity index (χ0) is 11.4. The fourth-order valence-corrected chi connectivity index (χ4v) is 1.36. The van der Waals surface area contributed by atoms with Crippen molar-refractivity contribution in [1.82, 2.24) is 9.78 Å². The smallest absolute Gasteiger partial charge is 0.317 e. The van der Waals surface area contributed by atoms with Gasteiger partial charge in [-0.05, 0) is 5.56 Å². The molecule has 1 heterocycles. The van der Waals surface area contributed by atoms with E-state index in [-0.39, 0.29) is 12.4 Å². The number of ether oxygens (including phenoxy) is 1. The van der Waals surface area contributed by atoms with Crippen molar-refractivity contribution in [2.75, 3.05) is 0 Å². The van der Waals surface area contributed by atoms with E-state index in [0.717, 1.165) is 5.56 Å². The van der Waals surface area contributed by atoms with E-state index in [1.165, 1.54) is 0 Å². The molecule has 0 fully saturated rings. The second-order valence-electron chi connectivity index (χ2n) is 3.46. The van der Waals surface area contributed by atoms with E-state index >= 15 is 0 Å². The minimum absolute atomic E-state index is 0.261. The number of hydrogen-bond acceptors (Lipinski definition) is 3. The van der Waals surface area contributed by atoms with Crippen LogP contribution in [0.2, 0.25) is 0 Å². The summed E-state index contributed by atoms with van der Waals surface area (Å²) in [4.78, 5) is 11.5. The molecule has 0 unspecified atom stereocenters. The Labute approximate surface area is 93.5 Å². The Bertz CT molecular complexity index is 477. The average Bonchev–Trinajstić information content (AvgIpc) is 2.65. The molecule has 0 N–H and O–H groups in total. The maximum Gasteiger partial charge on any atom is 0.317 e. The van der Waals surface area contributed by atoms with Crippen LogP contribution in [-0.4, -0.2) is 15.7 Å². The second kappa shape index (κ2) is 4.61. The molecule has 0 aliphatic carbocycles. The highest BCUT2D eigenvalue weighted by atomic mass is 16.5. The van der Waals surface area contributed by atoms with E-state index in [1.807, 2.05) is 30.3 Å². The Morgan fingerprint density at radius 1 is 1.31 bits per heavy atom. The summed E-state index contributed by atoms with van der Waals surface area (Å²) in [5.74, 6) is 0.0355. The van der Waals surface area contributed by atoms with Crippen molar-refractivity contribution in [3.05, 3.63) is 48.2 Å². The molecule has 2 rings (SSSR count). The predicted octanol–water partition coefficient (Wildman–Crippen LogP) is 1.57. The van der Waals surface area contributed by atoms with Gasteiger partial charge in [0.2, 0.25) is 5.88 Å². The van der Waals surface area contributed by atoms with Crippen LogP contribution in [0.5, 0.6) is 5.88 Å². The molecule has 0 radical (unpaired) electrons. The van der Waals surface area contributed by atoms with Crippen molar-refractivity contribution in [3.8, 4) is 5.88 Å². The first-order valence-electron chi connectivity index (χ1n) is 4.98. The summed E-state index contributed by atoms with van der Waals surface area (Å²) in [6, 6.07) is 11.1. The predicted molar refractivity (Wildman–Crippen MR) is 59.0 cm³/mol. The zero-order valence-electron chi connectivity index (χ0n) is 8.96. The van der Waals surface area contributed by atoms with Gasteiger partial charge < -0.3 is 4.74 Å². The van der Waals surface area contributed by atoms with Crippen LogP contribution in [-0.2, 0) is 18.3 Å². The highest BCUT2D eigenvalue weighted by Gasteiger charge is 2.07. The van der Waals surface area contributed by atoms with Crippen molar-refractivity contribution in [2.45, 2.75) is 6.42 Å². The first-order valence-corrected chi connectivity index (χ1v) is 4.98. The summed E-state index contributed by atoms with van der Waals surface area (Å²) in [6.45, 7) is 0. The second-order valence-corrected chi connectivity index (χ2v) is 3.46. The minimum Gasteiger partial charge on any atom is -0.406 e. The van der Waals surface area contributed by atoms with Crippen molar-refractivity contribution in [3.63, 3.8) is 0 Å². The summed E-state index contributed by atoms with van der Waals surface area (Å²) in [5, 5.41) is 3.97. The molecule has 0 aliphatic rings. The van der Waals surface area contributed by atoms with Gasteiger partial charge in [0.1, 0.15) is 0 Å². The van der Waals surface area contributed by atoms with Gasteiger partial charge in [-0.2, -0.15) is 0 Å². The minimum atomic E-state index is -0.301. The molecule has 4 nitrogen and oxygen atoms in total. The topological polar surface area (TPSA) is 44.1 Å². The molecule has 0 amide bonds. The van der Waals surface area contributed by atoms with Gasteiger partial charge in [-0.3, -0.25) is 9.48 Å². The summed E-state index contributed by atoms with van der Waals surface area (Å²) in [5.41, 5.74) is 0.934. The lowest BCUT2D eigenvalue weighted by atomic mass is 10.2. The van der Waals surface area contributed by atoms with Crippen molar-refractivity contribution in [1.29, 1.82) is 0 Å². The third-order valence-electron chi connectivity index (χ3n) is 2.10. The van der Waals surface area contributed by atoms with E-state index in [9.17, 15) is 4.79 Å². The molecule has 0 atom stereocenters. The largest absolute Gasteiger partial charge is 0.406 e. The fourth-order valence-electron chi connectivity index (χ4n) is 1.36. The van der Waals surface area contributed by atoms with Gasteiger partial charge in [0.15, 0.2) is 0 Å². The molecule has 0 spiro atoms. The lowest BCUT2D eigenvalue weighted by Crippen LogP contribution is -2.11. The SMILES string of the molecule is Cn1ccc(OC(=O)Cc2ccccc2)n1. The van der Waals surface area contributed by atoms with Gasteiger partial charge in [-0.25, -0.2) is 0 Å². The quantitative estimate of drug-likeness (QED) is 0.731. The van der Waals surface area contributed by atoms with E-state index in [4.69, 9.17) is 4.74 Å². The Morgan fingerprint density at radius 3 is 2.69 bits per heavy atom. The lowest BCUT2D eigenvalue weighted by molar-refractivity contribution is -0.133. The standard InChI is InChI=1S/C12H12N2O2/c1-14-8-7-11(13-14)16-12(15)9-10-5-3-2-4-6-10/h2-8H,9H2,1H3. The monoisotopic (exact) mass is 216 g/mol. The van der Waals surface area contributed by atoms with Crippen LogP contribution in [0.15, 0.2) is 42.6 Å². The van der Waals surface area contributed by atoms with Gasteiger partial charge in [0, 0.05) is 19.3 Å². The summed E-state index contributed by atoms with van der Waals surface area (Å²) in [6.07, 6.45) is 1.99. The van der Waals surface area contributed by atoms with Gasteiger partial charge in [-0.15, -0.1) is 5.10 Å². The van der Waals surface area contributed by atoms with E-state index in [2.05, 4.69) is 5.10 Å². The van der Waals surface area contributed by atoms with E-state index in [0.29, 0.717) is 5.88 Å². The fraction of sp³-hybridized carbons (Fsp3) is 0.167. The van der Waals surface area contributed by atoms with Crippen LogP contribution < -0.4 is 4.74 Å². The molecular weight excluding hydrogens is 204 g/mol. The van der Waals surface area contributed by atoms with Crippen LogP contribution in [0.25, 0.3) is 0 Å². The maximum atomic E-state index is 11.5. The molecule has 1 aromatic carbocycles. The molecule has 0 saturated carbocycles. The molecule has 2 aromatic rings. The van der Waals surface area contributed by atoms with Crippen molar-refractivity contribution in [2.24, 2.45) is 7.05 Å². The third kappa shape index (κ3) is 2.70. The Balaban J connectivity index is 1.95. The van der Waals surface area contributed by atoms with Crippen LogP contribution in [0.3, 0.4) is 0 Å². The lowest BCUT2D eigenvalue weighted by Gasteiger charge is -2.00. The van der Waals surface area contributed by atoms with Crippen LogP contribution >= 0.6 is 0 Å². The average molecular weight is 216 g/mol. The molecule has 16 heavy (non-hydrogen) atoms. The normalized spacial score (nSPS) is 10.1. The number of rotatable bonds is 3. The number of nitrogens with zero attached hydrogens (tertiary/aromatic N) is 2. The van der Waals surface area contributed by atoms with Crippen LogP contribution in [0.4, 0.5) is 0 Å². The Kier molecular flexibility index (Phi) is 3.00. The number of benzene rings is 1. The van der Waals surface area contributed by atoms with Crippen LogP contribution in [0, 0.1) is 0 Å². The molecule has 0 aliphatic heterocycles. The molecule has 82 valence electrons. The molecule has 1 aromatic heterocycles. The molecule has 4 heteroatoms. The summed E-state index contributed by atoms with van der Waals surface area (Å²) >= 11 is 0. The molecular formula is C12H12N2O2. The van der Waals surface area contributed by atoms with E-state index in [1.54, 1.807) is 24.0 Å². The number of hydrogen-bond donors (Lipinski definition) is 0. The summed E-state index contributed by atoms with van der Waals surface area (Å²) < 4.78 is 6.66. The van der Waals surface area contributed by atoms with Gasteiger partial charge in [0.05, 0.1) is 6.42 Å². The first kappa shape index (κ1) is 10.4. The summed E-state index contributed by atoms with van der Waals surface area (Å²) in [7, 11) is 1.77. The maximum absolute atomic E-state index is 11.5. The van der Waals surface area contributed by atoms with Crippen molar-refractivity contribution >= 4 is 5.97 Å². The van der Waals surface area contributed by atoms with Gasteiger partial charge in [-0.1, -0.05) is 30.3 Å². The Hall–Kier alpha value is -2.10. The number of aryl methyl sites for hydroxylation is 1. The number of esters is 1. The van der Waals surface area contributed by atoms with Gasteiger partial charge >= 0.3 is 5.97 Å². The Morgan fingerprint density at radius 2 is 2.06 bits per heavy atom. The zero-order valence-corrected chi connectivity index (χ0v) is 8.96.